The van der Waals surface area contributed by atoms with Gasteiger partial charge in [0.05, 0.1) is 19.8 Å². The van der Waals surface area contributed by atoms with Crippen LogP contribution in [0.3, 0.4) is 0 Å². The Kier molecular flexibility index (Phi) is 5.46. The Balaban J connectivity index is 2.37. The van der Waals surface area contributed by atoms with E-state index >= 15 is 0 Å². The summed E-state index contributed by atoms with van der Waals surface area (Å²) in [6.45, 7) is 7.29. The van der Waals surface area contributed by atoms with Crippen LogP contribution in [-0.4, -0.2) is 44.2 Å². The van der Waals surface area contributed by atoms with E-state index in [1.54, 1.807) is 20.3 Å². The Bertz CT molecular complexity index is 495. The summed E-state index contributed by atoms with van der Waals surface area (Å²) >= 11 is 0. The maximum atomic E-state index is 13.4. The van der Waals surface area contributed by atoms with Crippen LogP contribution in [0.15, 0.2) is 36.1 Å². The molecule has 0 aromatic carbocycles. The van der Waals surface area contributed by atoms with Crippen molar-refractivity contribution in [2.45, 2.75) is 38.6 Å². The lowest BCUT2D eigenvalue weighted by atomic mass is 9.75. The molecule has 2 aliphatic rings. The zero-order valence-electron chi connectivity index (χ0n) is 13.9. The van der Waals surface area contributed by atoms with Gasteiger partial charge in [-0.25, -0.2) is 0 Å². The van der Waals surface area contributed by atoms with E-state index < -0.39 is 5.41 Å². The number of carbonyl (C=O) groups is 1. The molecule has 122 valence electrons. The van der Waals surface area contributed by atoms with Crippen molar-refractivity contribution in [3.63, 3.8) is 0 Å². The minimum Gasteiger partial charge on any atom is -0.500 e. The molecule has 1 aliphatic heterocycles. The molecule has 0 bridgehead atoms. The van der Waals surface area contributed by atoms with Gasteiger partial charge in [0.1, 0.15) is 11.2 Å². The first-order valence-corrected chi connectivity index (χ1v) is 7.93. The van der Waals surface area contributed by atoms with Crippen molar-refractivity contribution in [1.82, 2.24) is 4.90 Å². The smallest absolute Gasteiger partial charge is 0.240 e. The Morgan fingerprint density at radius 1 is 1.55 bits per heavy atom. The van der Waals surface area contributed by atoms with Gasteiger partial charge in [0.2, 0.25) is 5.91 Å². The monoisotopic (exact) mass is 305 g/mol. The lowest BCUT2D eigenvalue weighted by Gasteiger charge is -2.38. The molecular weight excluding hydrogens is 278 g/mol. The van der Waals surface area contributed by atoms with Gasteiger partial charge in [0.15, 0.2) is 0 Å². The predicted molar refractivity (Wildman–Crippen MR) is 87.3 cm³/mol. The van der Waals surface area contributed by atoms with Crippen LogP contribution < -0.4 is 0 Å². The van der Waals surface area contributed by atoms with Crippen molar-refractivity contribution in [2.24, 2.45) is 5.41 Å². The van der Waals surface area contributed by atoms with Gasteiger partial charge in [-0.05, 0) is 38.7 Å². The molecule has 0 aromatic rings. The van der Waals surface area contributed by atoms with Crippen molar-refractivity contribution >= 4 is 5.91 Å². The van der Waals surface area contributed by atoms with Gasteiger partial charge < -0.3 is 14.4 Å². The molecule has 0 spiro atoms. The summed E-state index contributed by atoms with van der Waals surface area (Å²) in [5.74, 6) is 0.852. The molecule has 1 aliphatic carbocycles. The quantitative estimate of drug-likeness (QED) is 0.708. The van der Waals surface area contributed by atoms with E-state index in [1.165, 1.54) is 5.57 Å². The molecule has 22 heavy (non-hydrogen) atoms. The zero-order chi connectivity index (χ0) is 16.2. The topological polar surface area (TPSA) is 38.8 Å². The van der Waals surface area contributed by atoms with Gasteiger partial charge in [-0.15, -0.1) is 6.58 Å². The van der Waals surface area contributed by atoms with E-state index in [-0.39, 0.29) is 11.9 Å². The second-order valence-corrected chi connectivity index (χ2v) is 6.18. The van der Waals surface area contributed by atoms with E-state index in [2.05, 4.69) is 19.6 Å². The third-order valence-corrected chi connectivity index (χ3v) is 4.61. The molecule has 0 unspecified atom stereocenters. The number of methoxy groups -OCH3 is 2. The maximum Gasteiger partial charge on any atom is 0.240 e. The molecule has 1 heterocycles. The van der Waals surface area contributed by atoms with E-state index in [0.717, 1.165) is 31.6 Å². The molecule has 0 N–H and O–H groups in total. The van der Waals surface area contributed by atoms with Crippen molar-refractivity contribution < 1.29 is 14.3 Å². The van der Waals surface area contributed by atoms with E-state index in [1.807, 2.05) is 11.0 Å². The van der Waals surface area contributed by atoms with E-state index in [0.29, 0.717) is 13.0 Å². The molecule has 4 heteroatoms. The van der Waals surface area contributed by atoms with Crippen LogP contribution in [0.1, 0.15) is 32.6 Å². The molecule has 2 rings (SSSR count). The second kappa shape index (κ2) is 7.14. The third-order valence-electron chi connectivity index (χ3n) is 4.61. The maximum absolute atomic E-state index is 13.4. The van der Waals surface area contributed by atoms with Gasteiger partial charge in [0.25, 0.3) is 0 Å². The largest absolute Gasteiger partial charge is 0.500 e. The molecule has 0 aromatic heterocycles. The first-order valence-electron chi connectivity index (χ1n) is 7.93. The highest BCUT2D eigenvalue weighted by molar-refractivity contribution is 5.89. The molecule has 4 nitrogen and oxygen atoms in total. The lowest BCUT2D eigenvalue weighted by molar-refractivity contribution is -0.141. The molecule has 1 amide bonds. The third kappa shape index (κ3) is 2.98. The van der Waals surface area contributed by atoms with Gasteiger partial charge in [-0.3, -0.25) is 4.79 Å². The fourth-order valence-electron chi connectivity index (χ4n) is 3.62. The van der Waals surface area contributed by atoms with Crippen molar-refractivity contribution in [1.29, 1.82) is 0 Å². The number of hydrogen-bond donors (Lipinski definition) is 0. The Morgan fingerprint density at radius 2 is 2.32 bits per heavy atom. The van der Waals surface area contributed by atoms with Crippen molar-refractivity contribution in [3.05, 3.63) is 36.1 Å². The number of hydrogen-bond acceptors (Lipinski definition) is 3. The Hall–Kier alpha value is -1.55. The van der Waals surface area contributed by atoms with Gasteiger partial charge in [0, 0.05) is 13.7 Å². The number of likely N-dealkylation sites (tertiary alicyclic amines) is 1. The summed E-state index contributed by atoms with van der Waals surface area (Å²) in [4.78, 5) is 15.3. The number of rotatable bonds is 6. The highest BCUT2D eigenvalue weighted by Crippen LogP contribution is 2.42. The summed E-state index contributed by atoms with van der Waals surface area (Å²) < 4.78 is 10.9. The van der Waals surface area contributed by atoms with E-state index in [9.17, 15) is 4.79 Å². The summed E-state index contributed by atoms with van der Waals surface area (Å²) in [7, 11) is 3.33. The predicted octanol–water partition coefficient (Wildman–Crippen LogP) is 3.07. The van der Waals surface area contributed by atoms with Gasteiger partial charge in [-0.1, -0.05) is 17.7 Å². The second-order valence-electron chi connectivity index (χ2n) is 6.18. The number of amides is 1. The van der Waals surface area contributed by atoms with Crippen LogP contribution in [0.2, 0.25) is 0 Å². The minimum atomic E-state index is -0.741. The first kappa shape index (κ1) is 16.8. The molecule has 0 radical (unpaired) electrons. The van der Waals surface area contributed by atoms with Crippen molar-refractivity contribution in [2.75, 3.05) is 27.4 Å². The first-order chi connectivity index (χ1) is 10.6. The Labute approximate surface area is 133 Å². The van der Waals surface area contributed by atoms with Crippen LogP contribution >= 0.6 is 0 Å². The summed E-state index contributed by atoms with van der Waals surface area (Å²) in [6.07, 6.45) is 9.31. The van der Waals surface area contributed by atoms with Crippen LogP contribution in [0.4, 0.5) is 0 Å². The number of ether oxygens (including phenoxy) is 2. The van der Waals surface area contributed by atoms with Gasteiger partial charge >= 0.3 is 0 Å². The van der Waals surface area contributed by atoms with Crippen LogP contribution in [0, 0.1) is 5.41 Å². The lowest BCUT2D eigenvalue weighted by Crippen LogP contribution is -2.48. The Morgan fingerprint density at radius 3 is 2.95 bits per heavy atom. The fourth-order valence-corrected chi connectivity index (χ4v) is 3.62. The fraction of sp³-hybridized carbons (Fsp3) is 0.611. The standard InChI is InChI=1S/C18H27NO3/c1-5-10-18(12-14(2)8-9-16(18)22-4)17(20)19-11-6-7-15(19)13-21-3/h5,9,12,15H,1,6-8,10-11,13H2,2-4H3/t15-,18+/m0/s1. The summed E-state index contributed by atoms with van der Waals surface area (Å²) in [5.41, 5.74) is 0.452. The average Bonchev–Trinajstić information content (AvgIpc) is 2.95. The molecule has 0 saturated carbocycles. The highest BCUT2D eigenvalue weighted by Gasteiger charge is 2.46. The molecule has 2 atom stereocenters. The average molecular weight is 305 g/mol. The SMILES string of the molecule is C=CC[C@@]1(C(=O)N2CCC[C@H]2COC)C=C(C)CC=C1OC. The number of carbonyl (C=O) groups excluding carboxylic acids is 1. The highest BCUT2D eigenvalue weighted by atomic mass is 16.5. The van der Waals surface area contributed by atoms with Crippen LogP contribution in [-0.2, 0) is 14.3 Å². The molecular formula is C18H27NO3. The van der Waals surface area contributed by atoms with Crippen molar-refractivity contribution in [3.8, 4) is 0 Å². The zero-order valence-corrected chi connectivity index (χ0v) is 13.9. The summed E-state index contributed by atoms with van der Waals surface area (Å²) in [6, 6.07) is 0.160. The number of nitrogens with zero attached hydrogens (tertiary/aromatic N) is 1. The van der Waals surface area contributed by atoms with Gasteiger partial charge in [-0.2, -0.15) is 0 Å². The molecule has 1 fully saturated rings. The number of allylic oxidation sites excluding steroid dienone is 3. The van der Waals surface area contributed by atoms with Crippen LogP contribution in [0.25, 0.3) is 0 Å². The van der Waals surface area contributed by atoms with E-state index in [4.69, 9.17) is 9.47 Å². The minimum absolute atomic E-state index is 0.110. The molecule has 1 saturated heterocycles. The normalized spacial score (nSPS) is 28.1. The summed E-state index contributed by atoms with van der Waals surface area (Å²) in [5, 5.41) is 0. The van der Waals surface area contributed by atoms with Crippen LogP contribution in [0.5, 0.6) is 0 Å².